The number of nitrogens with two attached hydrogens (primary N) is 1. The van der Waals surface area contributed by atoms with Crippen molar-refractivity contribution in [3.63, 3.8) is 0 Å². The molecule has 0 amide bonds. The molecule has 1 rings (SSSR count). The Morgan fingerprint density at radius 3 is 2.77 bits per heavy atom. The van der Waals surface area contributed by atoms with Gasteiger partial charge < -0.3 is 10.5 Å². The molecule has 70 valence electrons. The lowest BCUT2D eigenvalue weighted by atomic mass is 10.1. The minimum absolute atomic E-state index is 0.00706. The predicted molar refractivity (Wildman–Crippen MR) is 51.0 cm³/mol. The van der Waals surface area contributed by atoms with Gasteiger partial charge in [-0.3, -0.25) is 4.79 Å². The van der Waals surface area contributed by atoms with Crippen molar-refractivity contribution < 1.29 is 9.53 Å². The first-order valence-corrected chi connectivity index (χ1v) is 4.18. The number of ketones is 1. The standard InChI is InChI=1S/C10H13NO2/c1-8(12)9-4-2-3-5-10(9)13-7-6-11/h2-5H,6-7,11H2,1H3. The van der Waals surface area contributed by atoms with E-state index in [4.69, 9.17) is 10.5 Å². The Bertz CT molecular complexity index is 297. The smallest absolute Gasteiger partial charge is 0.163 e. The van der Waals surface area contributed by atoms with Crippen LogP contribution in [0.4, 0.5) is 0 Å². The average molecular weight is 179 g/mol. The summed E-state index contributed by atoms with van der Waals surface area (Å²) in [7, 11) is 0. The Hall–Kier alpha value is -1.35. The molecule has 1 aromatic rings. The Morgan fingerprint density at radius 1 is 1.46 bits per heavy atom. The fourth-order valence-corrected chi connectivity index (χ4v) is 1.05. The Morgan fingerprint density at radius 2 is 2.15 bits per heavy atom. The van der Waals surface area contributed by atoms with Crippen molar-refractivity contribution in [1.82, 2.24) is 0 Å². The van der Waals surface area contributed by atoms with E-state index in [1.54, 1.807) is 12.1 Å². The number of carbonyl (C=O) groups is 1. The highest BCUT2D eigenvalue weighted by Gasteiger charge is 2.05. The van der Waals surface area contributed by atoms with Crippen LogP contribution >= 0.6 is 0 Å². The quantitative estimate of drug-likeness (QED) is 0.707. The van der Waals surface area contributed by atoms with Crippen LogP contribution in [0.1, 0.15) is 17.3 Å². The molecule has 0 atom stereocenters. The fourth-order valence-electron chi connectivity index (χ4n) is 1.05. The molecule has 0 saturated heterocycles. The summed E-state index contributed by atoms with van der Waals surface area (Å²) in [6.45, 7) is 2.40. The van der Waals surface area contributed by atoms with Crippen LogP contribution < -0.4 is 10.5 Å². The second kappa shape index (κ2) is 4.62. The number of benzene rings is 1. The molecule has 0 saturated carbocycles. The monoisotopic (exact) mass is 179 g/mol. The number of hydrogen-bond donors (Lipinski definition) is 1. The molecule has 0 radical (unpaired) electrons. The van der Waals surface area contributed by atoms with Crippen LogP contribution in [0.2, 0.25) is 0 Å². The van der Waals surface area contributed by atoms with Crippen molar-refractivity contribution in [3.05, 3.63) is 29.8 Å². The summed E-state index contributed by atoms with van der Waals surface area (Å²) in [6.07, 6.45) is 0. The topological polar surface area (TPSA) is 52.3 Å². The molecule has 0 unspecified atom stereocenters. The van der Waals surface area contributed by atoms with E-state index in [2.05, 4.69) is 0 Å². The zero-order valence-electron chi connectivity index (χ0n) is 7.62. The first kappa shape index (κ1) is 9.74. The maximum absolute atomic E-state index is 11.1. The number of para-hydroxylation sites is 1. The van der Waals surface area contributed by atoms with Crippen molar-refractivity contribution in [1.29, 1.82) is 0 Å². The SMILES string of the molecule is CC(=O)c1ccccc1OCCN. The van der Waals surface area contributed by atoms with E-state index in [-0.39, 0.29) is 5.78 Å². The molecule has 0 fully saturated rings. The third-order valence-electron chi connectivity index (χ3n) is 1.64. The van der Waals surface area contributed by atoms with Crippen LogP contribution in [-0.4, -0.2) is 18.9 Å². The molecule has 1 aromatic carbocycles. The summed E-state index contributed by atoms with van der Waals surface area (Å²) in [4.78, 5) is 11.1. The van der Waals surface area contributed by atoms with E-state index in [9.17, 15) is 4.79 Å². The zero-order chi connectivity index (χ0) is 9.68. The molecule has 0 heterocycles. The van der Waals surface area contributed by atoms with Gasteiger partial charge in [-0.05, 0) is 19.1 Å². The maximum Gasteiger partial charge on any atom is 0.163 e. The minimum Gasteiger partial charge on any atom is -0.492 e. The van der Waals surface area contributed by atoms with Gasteiger partial charge in [-0.1, -0.05) is 12.1 Å². The maximum atomic E-state index is 11.1. The van der Waals surface area contributed by atoms with Gasteiger partial charge in [0, 0.05) is 6.54 Å². The van der Waals surface area contributed by atoms with Gasteiger partial charge >= 0.3 is 0 Å². The van der Waals surface area contributed by atoms with Gasteiger partial charge in [0.1, 0.15) is 12.4 Å². The van der Waals surface area contributed by atoms with E-state index in [0.29, 0.717) is 24.5 Å². The van der Waals surface area contributed by atoms with Crippen LogP contribution in [0.5, 0.6) is 5.75 Å². The number of carbonyl (C=O) groups excluding carboxylic acids is 1. The van der Waals surface area contributed by atoms with E-state index in [1.165, 1.54) is 6.92 Å². The molecule has 0 spiro atoms. The van der Waals surface area contributed by atoms with Gasteiger partial charge in [-0.15, -0.1) is 0 Å². The van der Waals surface area contributed by atoms with Crippen LogP contribution in [0.25, 0.3) is 0 Å². The van der Waals surface area contributed by atoms with E-state index < -0.39 is 0 Å². The summed E-state index contributed by atoms with van der Waals surface area (Å²) in [5.41, 5.74) is 5.90. The van der Waals surface area contributed by atoms with Gasteiger partial charge in [-0.2, -0.15) is 0 Å². The normalized spacial score (nSPS) is 9.69. The van der Waals surface area contributed by atoms with Crippen LogP contribution in [0, 0.1) is 0 Å². The fraction of sp³-hybridized carbons (Fsp3) is 0.300. The number of ether oxygens (including phenoxy) is 1. The summed E-state index contributed by atoms with van der Waals surface area (Å²) in [6, 6.07) is 7.16. The van der Waals surface area contributed by atoms with Gasteiger partial charge in [0.15, 0.2) is 5.78 Å². The van der Waals surface area contributed by atoms with Gasteiger partial charge in [-0.25, -0.2) is 0 Å². The third-order valence-corrected chi connectivity index (χ3v) is 1.64. The summed E-state index contributed by atoms with van der Waals surface area (Å²) in [5, 5.41) is 0. The van der Waals surface area contributed by atoms with Gasteiger partial charge in [0.05, 0.1) is 5.56 Å². The van der Waals surface area contributed by atoms with Crippen molar-refractivity contribution in [2.45, 2.75) is 6.92 Å². The van der Waals surface area contributed by atoms with Gasteiger partial charge in [0.2, 0.25) is 0 Å². The molecule has 0 aliphatic heterocycles. The Labute approximate surface area is 77.5 Å². The summed E-state index contributed by atoms with van der Waals surface area (Å²) < 4.78 is 5.30. The van der Waals surface area contributed by atoms with Crippen LogP contribution in [-0.2, 0) is 0 Å². The third kappa shape index (κ3) is 2.56. The molecule has 0 bridgehead atoms. The number of Topliss-reactive ketones (excluding diaryl/α,β-unsaturated/α-hetero) is 1. The average Bonchev–Trinajstić information content (AvgIpc) is 2.15. The molecular weight excluding hydrogens is 166 g/mol. The van der Waals surface area contributed by atoms with Crippen molar-refractivity contribution in [2.75, 3.05) is 13.2 Å². The first-order chi connectivity index (χ1) is 6.25. The molecular formula is C10H13NO2. The lowest BCUT2D eigenvalue weighted by Crippen LogP contribution is -2.12. The zero-order valence-corrected chi connectivity index (χ0v) is 7.62. The molecule has 3 heteroatoms. The highest BCUT2D eigenvalue weighted by atomic mass is 16.5. The summed E-state index contributed by atoms with van der Waals surface area (Å²) in [5.74, 6) is 0.619. The number of hydrogen-bond acceptors (Lipinski definition) is 3. The Balaban J connectivity index is 2.84. The molecule has 13 heavy (non-hydrogen) atoms. The second-order valence-electron chi connectivity index (χ2n) is 2.69. The van der Waals surface area contributed by atoms with E-state index in [0.717, 1.165) is 0 Å². The lowest BCUT2D eigenvalue weighted by molar-refractivity contribution is 0.101. The first-order valence-electron chi connectivity index (χ1n) is 4.18. The minimum atomic E-state index is 0.00706. The van der Waals surface area contributed by atoms with Crippen LogP contribution in [0.3, 0.4) is 0 Å². The second-order valence-corrected chi connectivity index (χ2v) is 2.69. The largest absolute Gasteiger partial charge is 0.492 e. The molecule has 0 aromatic heterocycles. The van der Waals surface area contributed by atoms with Crippen molar-refractivity contribution >= 4 is 5.78 Å². The number of rotatable bonds is 4. The van der Waals surface area contributed by atoms with E-state index >= 15 is 0 Å². The molecule has 2 N–H and O–H groups in total. The summed E-state index contributed by atoms with van der Waals surface area (Å²) >= 11 is 0. The molecule has 3 nitrogen and oxygen atoms in total. The molecule has 0 aliphatic rings. The Kier molecular flexibility index (Phi) is 3.46. The van der Waals surface area contributed by atoms with E-state index in [1.807, 2.05) is 12.1 Å². The molecule has 0 aliphatic carbocycles. The van der Waals surface area contributed by atoms with Crippen LogP contribution in [0.15, 0.2) is 24.3 Å². The predicted octanol–water partition coefficient (Wildman–Crippen LogP) is 1.23. The highest BCUT2D eigenvalue weighted by molar-refractivity contribution is 5.96. The lowest BCUT2D eigenvalue weighted by Gasteiger charge is -2.07. The van der Waals surface area contributed by atoms with Crippen molar-refractivity contribution in [3.8, 4) is 5.75 Å². The van der Waals surface area contributed by atoms with Gasteiger partial charge in [0.25, 0.3) is 0 Å². The highest BCUT2D eigenvalue weighted by Crippen LogP contribution is 2.17. The van der Waals surface area contributed by atoms with Crippen molar-refractivity contribution in [2.24, 2.45) is 5.73 Å².